The molecule has 222 valence electrons. The first-order valence-corrected chi connectivity index (χ1v) is 13.9. The lowest BCUT2D eigenvalue weighted by Gasteiger charge is -2.31. The number of esters is 1. The van der Waals surface area contributed by atoms with Gasteiger partial charge in [-0.1, -0.05) is 18.7 Å². The summed E-state index contributed by atoms with van der Waals surface area (Å²) in [7, 11) is 1.49. The van der Waals surface area contributed by atoms with E-state index in [1.165, 1.54) is 20.0 Å². The number of amides is 4. The zero-order chi connectivity index (χ0) is 30.6. The number of fused-ring (bicyclic) bond motifs is 3. The molecule has 1 aliphatic heterocycles. The van der Waals surface area contributed by atoms with Crippen LogP contribution in [0.4, 0.5) is 4.79 Å². The van der Waals surface area contributed by atoms with E-state index in [9.17, 15) is 19.2 Å². The number of hydrogen-bond donors (Lipinski definition) is 1. The first-order chi connectivity index (χ1) is 19.9. The fraction of sp³-hybridized carbons (Fsp3) is 0.375. The van der Waals surface area contributed by atoms with Gasteiger partial charge in [-0.15, -0.1) is 0 Å². The van der Waals surface area contributed by atoms with Crippen LogP contribution in [0.5, 0.6) is 5.75 Å². The Labute approximate surface area is 245 Å². The molecule has 1 aromatic heterocycles. The summed E-state index contributed by atoms with van der Waals surface area (Å²) in [4.78, 5) is 51.6. The molecule has 3 aromatic rings. The van der Waals surface area contributed by atoms with Gasteiger partial charge >= 0.3 is 12.0 Å². The zero-order valence-electron chi connectivity index (χ0n) is 24.9. The van der Waals surface area contributed by atoms with Gasteiger partial charge in [0.05, 0.1) is 18.7 Å². The molecule has 0 bridgehead atoms. The van der Waals surface area contributed by atoms with Crippen LogP contribution in [0.3, 0.4) is 0 Å². The van der Waals surface area contributed by atoms with Crippen molar-refractivity contribution in [2.75, 3.05) is 26.7 Å². The molecule has 2 aromatic carbocycles. The lowest BCUT2D eigenvalue weighted by molar-refractivity contribution is -0.125. The van der Waals surface area contributed by atoms with Crippen molar-refractivity contribution in [2.45, 2.75) is 52.8 Å². The number of hydrogen-bond acceptors (Lipinski definition) is 6. The molecule has 0 unspecified atom stereocenters. The van der Waals surface area contributed by atoms with E-state index in [4.69, 9.17) is 9.47 Å². The Hall–Kier alpha value is -4.60. The second-order valence-electron chi connectivity index (χ2n) is 11.3. The first kappa shape index (κ1) is 30.4. The second kappa shape index (κ2) is 12.5. The number of rotatable bonds is 8. The van der Waals surface area contributed by atoms with E-state index in [2.05, 4.69) is 16.5 Å². The summed E-state index contributed by atoms with van der Waals surface area (Å²) < 4.78 is 13.6. The van der Waals surface area contributed by atoms with Gasteiger partial charge in [0.25, 0.3) is 0 Å². The molecule has 1 aliphatic rings. The number of carbonyl (C=O) groups excluding carboxylic acids is 4. The van der Waals surface area contributed by atoms with Crippen LogP contribution in [-0.4, -0.2) is 70.5 Å². The van der Waals surface area contributed by atoms with Crippen molar-refractivity contribution in [1.29, 1.82) is 0 Å². The highest BCUT2D eigenvalue weighted by molar-refractivity contribution is 5.93. The van der Waals surface area contributed by atoms with Gasteiger partial charge in [0.15, 0.2) is 0 Å². The molecule has 1 N–H and O–H groups in total. The Morgan fingerprint density at radius 2 is 1.81 bits per heavy atom. The molecule has 0 radical (unpaired) electrons. The lowest BCUT2D eigenvalue weighted by atomic mass is 10.0. The molecule has 4 amide bonds. The minimum absolute atomic E-state index is 0.256. The molecule has 42 heavy (non-hydrogen) atoms. The van der Waals surface area contributed by atoms with Crippen LogP contribution in [-0.2, 0) is 33.8 Å². The molecule has 10 heteroatoms. The molecule has 0 atom stereocenters. The Bertz CT molecular complexity index is 1520. The van der Waals surface area contributed by atoms with Crippen molar-refractivity contribution in [3.8, 4) is 5.75 Å². The van der Waals surface area contributed by atoms with E-state index in [1.54, 1.807) is 17.0 Å². The summed E-state index contributed by atoms with van der Waals surface area (Å²) in [5.74, 6) is -0.277. The van der Waals surface area contributed by atoms with E-state index < -0.39 is 5.60 Å². The number of nitrogens with one attached hydrogen (secondary N) is 1. The topological polar surface area (TPSA) is 110 Å². The number of ether oxygens (including phenoxy) is 2. The van der Waals surface area contributed by atoms with E-state index in [1.807, 2.05) is 51.1 Å². The van der Waals surface area contributed by atoms with Gasteiger partial charge in [-0.05, 0) is 74.7 Å². The maximum absolute atomic E-state index is 13.0. The van der Waals surface area contributed by atoms with Crippen LogP contribution < -0.4 is 10.1 Å². The summed E-state index contributed by atoms with van der Waals surface area (Å²) in [6.45, 7) is 12.3. The Morgan fingerprint density at radius 3 is 2.45 bits per heavy atom. The summed E-state index contributed by atoms with van der Waals surface area (Å²) in [5, 5.41) is 3.72. The van der Waals surface area contributed by atoms with Crippen molar-refractivity contribution in [3.05, 3.63) is 77.5 Å². The number of carbonyl (C=O) groups is 4. The molecule has 0 spiro atoms. The van der Waals surface area contributed by atoms with E-state index in [0.717, 1.165) is 32.6 Å². The Morgan fingerprint density at radius 1 is 1.10 bits per heavy atom. The minimum atomic E-state index is -0.583. The van der Waals surface area contributed by atoms with Gasteiger partial charge in [-0.25, -0.2) is 9.59 Å². The number of aromatic nitrogens is 1. The van der Waals surface area contributed by atoms with Crippen LogP contribution in [0.2, 0.25) is 0 Å². The third-order valence-corrected chi connectivity index (χ3v) is 7.04. The SMILES string of the molecule is C=CC(=O)NCCOc1ccc2c(c1)c1c(n2Cc2ccc(C(=O)OC(C)(C)C)cc2)CN(C(=O)N(C)C(C)=O)CC1. The number of urea groups is 1. The average molecular weight is 575 g/mol. The van der Waals surface area contributed by atoms with Gasteiger partial charge in [0.1, 0.15) is 18.0 Å². The normalized spacial score (nSPS) is 12.8. The molecule has 0 fully saturated rings. The van der Waals surface area contributed by atoms with Crippen molar-refractivity contribution in [2.24, 2.45) is 0 Å². The van der Waals surface area contributed by atoms with Gasteiger partial charge in [0.2, 0.25) is 11.8 Å². The highest BCUT2D eigenvalue weighted by Gasteiger charge is 2.29. The second-order valence-corrected chi connectivity index (χ2v) is 11.3. The molecule has 0 aliphatic carbocycles. The Kier molecular flexibility index (Phi) is 9.04. The monoisotopic (exact) mass is 574 g/mol. The van der Waals surface area contributed by atoms with Gasteiger partial charge in [-0.3, -0.25) is 14.5 Å². The minimum Gasteiger partial charge on any atom is -0.492 e. The summed E-state index contributed by atoms with van der Waals surface area (Å²) in [6.07, 6.45) is 1.83. The maximum atomic E-state index is 13.0. The van der Waals surface area contributed by atoms with Gasteiger partial charge in [-0.2, -0.15) is 0 Å². The lowest BCUT2D eigenvalue weighted by Crippen LogP contribution is -2.45. The largest absolute Gasteiger partial charge is 0.492 e. The first-order valence-electron chi connectivity index (χ1n) is 13.9. The predicted molar refractivity (Wildman–Crippen MR) is 159 cm³/mol. The fourth-order valence-electron chi connectivity index (χ4n) is 4.88. The van der Waals surface area contributed by atoms with Crippen LogP contribution >= 0.6 is 0 Å². The quantitative estimate of drug-likeness (QED) is 0.244. The van der Waals surface area contributed by atoms with Crippen LogP contribution in [0.15, 0.2) is 55.1 Å². The predicted octanol–water partition coefficient (Wildman–Crippen LogP) is 4.28. The van der Waals surface area contributed by atoms with Crippen molar-refractivity contribution < 1.29 is 28.7 Å². The van der Waals surface area contributed by atoms with Crippen molar-refractivity contribution in [1.82, 2.24) is 19.7 Å². The molecule has 0 saturated carbocycles. The highest BCUT2D eigenvalue weighted by Crippen LogP contribution is 2.34. The average Bonchev–Trinajstić information content (AvgIpc) is 3.25. The molecule has 4 rings (SSSR count). The summed E-state index contributed by atoms with van der Waals surface area (Å²) >= 11 is 0. The summed E-state index contributed by atoms with van der Waals surface area (Å²) in [6, 6.07) is 12.9. The number of imide groups is 1. The van der Waals surface area contributed by atoms with Crippen LogP contribution in [0.1, 0.15) is 54.9 Å². The zero-order valence-corrected chi connectivity index (χ0v) is 24.9. The molecule has 0 saturated heterocycles. The smallest absolute Gasteiger partial charge is 0.338 e. The van der Waals surface area contributed by atoms with Crippen molar-refractivity contribution >= 4 is 34.7 Å². The molecule has 2 heterocycles. The molecular formula is C32H38N4O6. The number of nitrogens with zero attached hydrogens (tertiary/aromatic N) is 3. The number of benzene rings is 2. The van der Waals surface area contributed by atoms with E-state index in [-0.39, 0.29) is 23.8 Å². The highest BCUT2D eigenvalue weighted by atomic mass is 16.6. The third-order valence-electron chi connectivity index (χ3n) is 7.04. The fourth-order valence-corrected chi connectivity index (χ4v) is 4.88. The standard InChI is InChI=1S/C32H38N4O6/c1-7-29(38)33-15-17-41-24-12-13-27-26(18-24)25-14-16-35(31(40)34(6)21(2)37)20-28(25)36(27)19-22-8-10-23(11-9-22)30(39)42-32(3,4)5/h7-13,18H,1,14-17,19-20H2,2-6H3,(H,33,38). The Balaban J connectivity index is 1.64. The van der Waals surface area contributed by atoms with Crippen LogP contribution in [0.25, 0.3) is 10.9 Å². The maximum Gasteiger partial charge on any atom is 0.338 e. The molecule has 10 nitrogen and oxygen atoms in total. The van der Waals surface area contributed by atoms with Gasteiger partial charge in [0, 0.05) is 43.7 Å². The van der Waals surface area contributed by atoms with Crippen molar-refractivity contribution in [3.63, 3.8) is 0 Å². The third kappa shape index (κ3) is 6.99. The van der Waals surface area contributed by atoms with E-state index >= 15 is 0 Å². The van der Waals surface area contributed by atoms with Crippen LogP contribution in [0, 0.1) is 0 Å². The summed E-state index contributed by atoms with van der Waals surface area (Å²) in [5.41, 5.74) is 3.95. The van der Waals surface area contributed by atoms with E-state index in [0.29, 0.717) is 50.5 Å². The van der Waals surface area contributed by atoms with Gasteiger partial charge < -0.3 is 24.3 Å². The molecular weight excluding hydrogens is 536 g/mol.